The summed E-state index contributed by atoms with van der Waals surface area (Å²) in [6, 6.07) is 7.73. The Kier molecular flexibility index (Phi) is 13.8. The van der Waals surface area contributed by atoms with Gasteiger partial charge in [-0.3, -0.25) is 48.8 Å². The largest absolute Gasteiger partial charge is 0.444 e. The summed E-state index contributed by atoms with van der Waals surface area (Å²) in [5.74, 6) is -0.993. The number of amides is 4. The third-order valence-electron chi connectivity index (χ3n) is 13.7. The molecule has 0 spiro atoms. The van der Waals surface area contributed by atoms with E-state index in [1.807, 2.05) is 6.07 Å². The highest BCUT2D eigenvalue weighted by Gasteiger charge is 2.45. The Hall–Kier alpha value is -5.72. The van der Waals surface area contributed by atoms with Crippen LogP contribution in [0.3, 0.4) is 0 Å². The number of alkyl halides is 2. The summed E-state index contributed by atoms with van der Waals surface area (Å²) in [6.45, 7) is 5.27. The van der Waals surface area contributed by atoms with Gasteiger partial charge in [-0.25, -0.2) is 13.8 Å². The van der Waals surface area contributed by atoms with Crippen molar-refractivity contribution in [3.63, 3.8) is 0 Å². The van der Waals surface area contributed by atoms with E-state index < -0.39 is 41.9 Å². The predicted octanol–water partition coefficient (Wildman–Crippen LogP) is 5.91. The number of halogens is 2. The number of carbonyl (C=O) groups is 5. The average Bonchev–Trinajstić information content (AvgIpc) is 3.71. The zero-order valence-electron chi connectivity index (χ0n) is 37.3. The molecule has 9 rings (SSSR count). The molecule has 2 aliphatic carbocycles. The molecular formula is C48H57F2N9O7. The fourth-order valence-corrected chi connectivity index (χ4v) is 9.99. The molecule has 4 amide bonds. The second kappa shape index (κ2) is 20.0. The van der Waals surface area contributed by atoms with Crippen molar-refractivity contribution in [3.8, 4) is 11.5 Å². The molecule has 2 saturated carbocycles. The van der Waals surface area contributed by atoms with Gasteiger partial charge in [-0.2, -0.15) is 5.10 Å². The smallest absolute Gasteiger partial charge is 0.282 e. The van der Waals surface area contributed by atoms with Gasteiger partial charge >= 0.3 is 0 Å². The number of piperidine rings is 1. The summed E-state index contributed by atoms with van der Waals surface area (Å²) in [5, 5.41) is 9.88. The molecule has 2 atom stereocenters. The molecule has 2 N–H and O–H groups in total. The van der Waals surface area contributed by atoms with Gasteiger partial charge in [0.2, 0.25) is 17.7 Å². The van der Waals surface area contributed by atoms with E-state index in [0.29, 0.717) is 30.6 Å². The van der Waals surface area contributed by atoms with Crippen LogP contribution < -0.4 is 10.6 Å². The number of hydrogen-bond donors (Lipinski definition) is 2. The molecule has 3 aliphatic heterocycles. The number of carbonyl (C=O) groups excluding carboxylic acids is 5. The Balaban J connectivity index is 0.706. The molecule has 6 heterocycles. The number of benzene rings is 1. The molecule has 350 valence electrons. The number of rotatable bonds is 19. The lowest BCUT2D eigenvalue weighted by atomic mass is 9.85. The van der Waals surface area contributed by atoms with Gasteiger partial charge in [0, 0.05) is 87.0 Å². The maximum Gasteiger partial charge on any atom is 0.282 e. The zero-order valence-corrected chi connectivity index (χ0v) is 37.3. The summed E-state index contributed by atoms with van der Waals surface area (Å²) in [7, 11) is 2.11. The minimum atomic E-state index is -2.82. The van der Waals surface area contributed by atoms with Gasteiger partial charge in [-0.1, -0.05) is 18.9 Å². The summed E-state index contributed by atoms with van der Waals surface area (Å²) in [5.41, 5.74) is 2.65. The first-order valence-corrected chi connectivity index (χ1v) is 23.4. The van der Waals surface area contributed by atoms with E-state index >= 15 is 0 Å². The van der Waals surface area contributed by atoms with E-state index in [1.165, 1.54) is 19.1 Å². The Morgan fingerprint density at radius 2 is 1.83 bits per heavy atom. The van der Waals surface area contributed by atoms with Gasteiger partial charge in [0.25, 0.3) is 18.2 Å². The first kappa shape index (κ1) is 45.4. The topological polar surface area (TPSA) is 185 Å². The zero-order chi connectivity index (χ0) is 45.9. The van der Waals surface area contributed by atoms with Crippen LogP contribution in [0.4, 0.5) is 14.5 Å². The molecule has 4 aromatic rings. The number of nitrogens with one attached hydrogen (secondary N) is 2. The van der Waals surface area contributed by atoms with Gasteiger partial charge in [-0.15, -0.1) is 0 Å². The molecule has 5 aliphatic rings. The second-order valence-corrected chi connectivity index (χ2v) is 18.6. The lowest BCUT2D eigenvalue weighted by molar-refractivity contribution is -0.136. The van der Waals surface area contributed by atoms with Crippen LogP contribution in [0.25, 0.3) is 11.5 Å². The Morgan fingerprint density at radius 1 is 1.02 bits per heavy atom. The van der Waals surface area contributed by atoms with Crippen LogP contribution in [0.1, 0.15) is 125 Å². The van der Waals surface area contributed by atoms with Crippen molar-refractivity contribution in [1.82, 2.24) is 39.8 Å². The summed E-state index contributed by atoms with van der Waals surface area (Å²) >= 11 is 0. The number of anilines is 1. The molecule has 0 bridgehead atoms. The Morgan fingerprint density at radius 3 is 2.62 bits per heavy atom. The minimum absolute atomic E-state index is 0.0320. The quantitative estimate of drug-likeness (QED) is 0.0644. The lowest BCUT2D eigenvalue weighted by Crippen LogP contribution is -2.54. The van der Waals surface area contributed by atoms with Gasteiger partial charge in [0.05, 0.1) is 29.9 Å². The van der Waals surface area contributed by atoms with Crippen LogP contribution in [-0.4, -0.2) is 129 Å². The minimum Gasteiger partial charge on any atom is -0.444 e. The number of aromatic nitrogens is 4. The number of pyridine rings is 1. The fraction of sp³-hybridized carbons (Fsp3) is 0.542. The molecule has 0 radical (unpaired) electrons. The highest BCUT2D eigenvalue weighted by Crippen LogP contribution is 2.36. The maximum atomic E-state index is 14.3. The number of ketones is 1. The van der Waals surface area contributed by atoms with Gasteiger partial charge in [-0.05, 0) is 94.5 Å². The van der Waals surface area contributed by atoms with E-state index in [4.69, 9.17) is 9.15 Å². The molecule has 2 saturated heterocycles. The van der Waals surface area contributed by atoms with Crippen LogP contribution in [-0.2, 0) is 27.2 Å². The van der Waals surface area contributed by atoms with Crippen LogP contribution in [0.2, 0.25) is 0 Å². The van der Waals surface area contributed by atoms with Crippen LogP contribution in [0.5, 0.6) is 0 Å². The number of hydrogen-bond acceptors (Lipinski definition) is 13. The molecule has 18 heteroatoms. The number of aryl methyl sites for hydroxylation is 1. The monoisotopic (exact) mass is 909 g/mol. The van der Waals surface area contributed by atoms with Crippen molar-refractivity contribution in [3.05, 3.63) is 82.8 Å². The first-order chi connectivity index (χ1) is 32.0. The van der Waals surface area contributed by atoms with Crippen LogP contribution in [0, 0.1) is 11.8 Å². The van der Waals surface area contributed by atoms with Crippen LogP contribution in [0.15, 0.2) is 53.4 Å². The third kappa shape index (κ3) is 10.4. The Labute approximate surface area is 381 Å². The lowest BCUT2D eigenvalue weighted by Gasteiger charge is -2.36. The van der Waals surface area contributed by atoms with Crippen molar-refractivity contribution in [2.24, 2.45) is 11.8 Å². The predicted molar refractivity (Wildman–Crippen MR) is 237 cm³/mol. The Bertz CT molecular complexity index is 2440. The fourth-order valence-electron chi connectivity index (χ4n) is 9.99. The second-order valence-electron chi connectivity index (χ2n) is 18.6. The molecule has 3 aromatic heterocycles. The number of nitrogens with zero attached hydrogens (tertiary/aromatic N) is 7. The van der Waals surface area contributed by atoms with Gasteiger partial charge in [0.1, 0.15) is 23.7 Å². The molecular weight excluding hydrogens is 853 g/mol. The summed E-state index contributed by atoms with van der Waals surface area (Å²) < 4.78 is 42.0. The number of oxazole rings is 1. The number of fused-ring (bicyclic) bond motifs is 1. The van der Waals surface area contributed by atoms with Gasteiger partial charge in [0.15, 0.2) is 5.78 Å². The van der Waals surface area contributed by atoms with Crippen molar-refractivity contribution in [1.29, 1.82) is 0 Å². The van der Waals surface area contributed by atoms with E-state index in [0.717, 1.165) is 99.7 Å². The van der Waals surface area contributed by atoms with Crippen molar-refractivity contribution in [2.75, 3.05) is 58.2 Å². The van der Waals surface area contributed by atoms with E-state index in [-0.39, 0.29) is 59.5 Å². The van der Waals surface area contributed by atoms with E-state index in [9.17, 15) is 32.8 Å². The highest BCUT2D eigenvalue weighted by atomic mass is 19.3. The molecule has 16 nitrogen and oxygen atoms in total. The highest BCUT2D eigenvalue weighted by molar-refractivity contribution is 6.25. The van der Waals surface area contributed by atoms with E-state index in [1.54, 1.807) is 41.3 Å². The molecule has 4 fully saturated rings. The molecule has 1 unspecified atom stereocenters. The third-order valence-corrected chi connectivity index (χ3v) is 13.7. The number of Topliss-reactive ketones (excluding diaryl/α,β-unsaturated/α-hetero) is 1. The molecule has 66 heavy (non-hydrogen) atoms. The SMILES string of the molecule is CN(CC1CCC(n2cc(CC(=O)c3coc(-c4ccnc(CCC5CC5)c4)n3)c(C(F)F)n2)CC1)C[C@@H]1CN(CCCNc2cccc3c2C(=O)N(C2CCC(=O)NC2=O)C3=O)CCO1. The average molecular weight is 910 g/mol. The summed E-state index contributed by atoms with van der Waals surface area (Å²) in [6.07, 6.45) is 10.5. The number of imide groups is 2. The maximum absolute atomic E-state index is 14.3. The number of likely N-dealkylation sites (N-methyl/N-ethyl adjacent to an activating group) is 1. The van der Waals surface area contributed by atoms with Crippen LogP contribution >= 0.6 is 0 Å². The number of ether oxygens (including phenoxy) is 1. The number of morpholine rings is 1. The van der Waals surface area contributed by atoms with Gasteiger partial charge < -0.3 is 19.4 Å². The summed E-state index contributed by atoms with van der Waals surface area (Å²) in [4.78, 5) is 78.7. The molecule has 1 aromatic carbocycles. The standard InChI is InChI=1S/C48H57F2N9O7/c1-56(26-35-27-57(20-21-65-35)19-3-17-52-37-5-2-4-36-42(37)48(64)59(47(36)63)39-14-15-41(61)54-45(39)62)24-30-9-12-34(13-10-30)58-25-32(43(55-58)44(49)50)23-40(60)38-28-66-46(53-38)31-16-18-51-33(22-31)11-8-29-6-7-29/h2,4-5,16,18,22,25,28-30,34-35,39,44,52H,3,6-15,17,19-21,23-24,26-27H2,1H3,(H,54,61,62)/t30?,34?,35-,39?/m1/s1. The van der Waals surface area contributed by atoms with E-state index in [2.05, 4.69) is 42.5 Å². The van der Waals surface area contributed by atoms with Crippen molar-refractivity contribution < 1.29 is 41.9 Å². The van der Waals surface area contributed by atoms with Crippen molar-refractivity contribution in [2.45, 2.75) is 102 Å². The van der Waals surface area contributed by atoms with Crippen molar-refractivity contribution >= 4 is 35.1 Å². The normalized spacial score (nSPS) is 22.7. The first-order valence-electron chi connectivity index (χ1n) is 23.4.